The standard InChI is InChI=1S/C16H27N3O/c1-6-17-14-10-8-7-9-13(14)16(20)18-11-15(12(2)3)19(4)5/h7-10,12,15,17H,6,11H2,1-5H3,(H,18,20). The van der Waals surface area contributed by atoms with Crippen molar-refractivity contribution >= 4 is 11.6 Å². The summed E-state index contributed by atoms with van der Waals surface area (Å²) < 4.78 is 0. The van der Waals surface area contributed by atoms with Crippen LogP contribution in [-0.2, 0) is 0 Å². The van der Waals surface area contributed by atoms with Crippen LogP contribution in [0.2, 0.25) is 0 Å². The number of rotatable bonds is 7. The maximum atomic E-state index is 12.3. The lowest BCUT2D eigenvalue weighted by atomic mass is 10.0. The number of anilines is 1. The molecule has 0 aliphatic carbocycles. The van der Waals surface area contributed by atoms with Gasteiger partial charge in [0.25, 0.3) is 5.91 Å². The van der Waals surface area contributed by atoms with Crippen molar-refractivity contribution in [3.05, 3.63) is 29.8 Å². The highest BCUT2D eigenvalue weighted by atomic mass is 16.1. The van der Waals surface area contributed by atoms with E-state index in [4.69, 9.17) is 0 Å². The first-order valence-corrected chi connectivity index (χ1v) is 7.24. The molecule has 0 aromatic heterocycles. The number of carbonyl (C=O) groups is 1. The summed E-state index contributed by atoms with van der Waals surface area (Å²) in [6.45, 7) is 7.82. The maximum Gasteiger partial charge on any atom is 0.253 e. The average molecular weight is 277 g/mol. The highest BCUT2D eigenvalue weighted by Crippen LogP contribution is 2.15. The third kappa shape index (κ3) is 4.53. The molecule has 0 aliphatic heterocycles. The number of hydrogen-bond donors (Lipinski definition) is 2. The molecule has 1 rings (SSSR count). The number of carbonyl (C=O) groups excluding carboxylic acids is 1. The van der Waals surface area contributed by atoms with E-state index < -0.39 is 0 Å². The van der Waals surface area contributed by atoms with Gasteiger partial charge in [-0.2, -0.15) is 0 Å². The molecule has 0 saturated carbocycles. The normalized spacial score (nSPS) is 12.6. The van der Waals surface area contributed by atoms with E-state index in [-0.39, 0.29) is 5.91 Å². The van der Waals surface area contributed by atoms with E-state index in [0.717, 1.165) is 12.2 Å². The second-order valence-electron chi connectivity index (χ2n) is 5.56. The van der Waals surface area contributed by atoms with E-state index in [9.17, 15) is 4.79 Å². The lowest BCUT2D eigenvalue weighted by Gasteiger charge is -2.28. The second-order valence-corrected chi connectivity index (χ2v) is 5.56. The van der Waals surface area contributed by atoms with E-state index in [1.54, 1.807) is 0 Å². The molecule has 0 heterocycles. The van der Waals surface area contributed by atoms with E-state index in [0.29, 0.717) is 24.1 Å². The van der Waals surface area contributed by atoms with Gasteiger partial charge in [0.15, 0.2) is 0 Å². The van der Waals surface area contributed by atoms with Crippen LogP contribution in [0.1, 0.15) is 31.1 Å². The quantitative estimate of drug-likeness (QED) is 0.804. The molecule has 1 aromatic rings. The fourth-order valence-corrected chi connectivity index (χ4v) is 2.33. The Kier molecular flexibility index (Phi) is 6.52. The minimum absolute atomic E-state index is 0.0194. The van der Waals surface area contributed by atoms with Gasteiger partial charge < -0.3 is 15.5 Å². The van der Waals surface area contributed by atoms with Crippen LogP contribution < -0.4 is 10.6 Å². The van der Waals surface area contributed by atoms with Crippen molar-refractivity contribution in [1.82, 2.24) is 10.2 Å². The smallest absolute Gasteiger partial charge is 0.253 e. The number of benzene rings is 1. The summed E-state index contributed by atoms with van der Waals surface area (Å²) in [5.41, 5.74) is 1.59. The number of nitrogens with one attached hydrogen (secondary N) is 2. The lowest BCUT2D eigenvalue weighted by Crippen LogP contribution is -2.43. The predicted molar refractivity (Wildman–Crippen MR) is 85.3 cm³/mol. The van der Waals surface area contributed by atoms with Gasteiger partial charge in [-0.15, -0.1) is 0 Å². The first kappa shape index (κ1) is 16.5. The first-order chi connectivity index (χ1) is 9.47. The molecule has 1 aromatic carbocycles. The van der Waals surface area contributed by atoms with Crippen molar-refractivity contribution in [3.63, 3.8) is 0 Å². The lowest BCUT2D eigenvalue weighted by molar-refractivity contribution is 0.0935. The minimum Gasteiger partial charge on any atom is -0.385 e. The SMILES string of the molecule is CCNc1ccccc1C(=O)NCC(C(C)C)N(C)C. The zero-order chi connectivity index (χ0) is 15.1. The zero-order valence-electron chi connectivity index (χ0n) is 13.2. The molecule has 0 fully saturated rings. The van der Waals surface area contributed by atoms with Crippen LogP contribution in [0.3, 0.4) is 0 Å². The number of hydrogen-bond acceptors (Lipinski definition) is 3. The molecule has 2 N–H and O–H groups in total. The van der Waals surface area contributed by atoms with Gasteiger partial charge in [0.05, 0.1) is 5.56 Å². The number of nitrogens with zero attached hydrogens (tertiary/aromatic N) is 1. The Morgan fingerprint density at radius 3 is 2.45 bits per heavy atom. The van der Waals surface area contributed by atoms with Crippen LogP contribution in [-0.4, -0.2) is 44.0 Å². The van der Waals surface area contributed by atoms with Crippen LogP contribution in [0, 0.1) is 5.92 Å². The third-order valence-electron chi connectivity index (χ3n) is 3.44. The van der Waals surface area contributed by atoms with Crippen molar-refractivity contribution in [2.75, 3.05) is 32.5 Å². The largest absolute Gasteiger partial charge is 0.385 e. The maximum absolute atomic E-state index is 12.3. The summed E-state index contributed by atoms with van der Waals surface area (Å²) in [6.07, 6.45) is 0. The Balaban J connectivity index is 2.71. The molecule has 1 atom stereocenters. The Morgan fingerprint density at radius 2 is 1.90 bits per heavy atom. The molecule has 0 radical (unpaired) electrons. The molecule has 1 amide bonds. The predicted octanol–water partition coefficient (Wildman–Crippen LogP) is 2.43. The molecular weight excluding hydrogens is 250 g/mol. The summed E-state index contributed by atoms with van der Waals surface area (Å²) in [4.78, 5) is 14.5. The van der Waals surface area contributed by atoms with Crippen molar-refractivity contribution in [3.8, 4) is 0 Å². The van der Waals surface area contributed by atoms with Gasteiger partial charge in [-0.1, -0.05) is 26.0 Å². The number of likely N-dealkylation sites (N-methyl/N-ethyl adjacent to an activating group) is 1. The van der Waals surface area contributed by atoms with Gasteiger partial charge in [-0.25, -0.2) is 0 Å². The van der Waals surface area contributed by atoms with E-state index in [1.807, 2.05) is 45.3 Å². The highest BCUT2D eigenvalue weighted by molar-refractivity contribution is 5.99. The second kappa shape index (κ2) is 7.90. The van der Waals surface area contributed by atoms with Gasteiger partial charge in [0, 0.05) is 24.8 Å². The van der Waals surface area contributed by atoms with Gasteiger partial charge in [0.1, 0.15) is 0 Å². The molecule has 0 aliphatic rings. The van der Waals surface area contributed by atoms with E-state index in [2.05, 4.69) is 29.4 Å². The van der Waals surface area contributed by atoms with E-state index in [1.165, 1.54) is 0 Å². The van der Waals surface area contributed by atoms with Crippen LogP contribution in [0.5, 0.6) is 0 Å². The Bertz CT molecular complexity index is 421. The molecule has 1 unspecified atom stereocenters. The van der Waals surface area contributed by atoms with Crippen molar-refractivity contribution in [1.29, 1.82) is 0 Å². The molecule has 0 saturated heterocycles. The van der Waals surface area contributed by atoms with Crippen molar-refractivity contribution < 1.29 is 4.79 Å². The number of para-hydroxylation sites is 1. The summed E-state index contributed by atoms with van der Waals surface area (Å²) in [5, 5.41) is 6.26. The van der Waals surface area contributed by atoms with Crippen LogP contribution in [0.15, 0.2) is 24.3 Å². The summed E-state index contributed by atoms with van der Waals surface area (Å²) in [6, 6.07) is 7.95. The van der Waals surface area contributed by atoms with Crippen molar-refractivity contribution in [2.45, 2.75) is 26.8 Å². The average Bonchev–Trinajstić information content (AvgIpc) is 2.39. The van der Waals surface area contributed by atoms with E-state index >= 15 is 0 Å². The zero-order valence-corrected chi connectivity index (χ0v) is 13.2. The molecule has 20 heavy (non-hydrogen) atoms. The molecule has 112 valence electrons. The monoisotopic (exact) mass is 277 g/mol. The number of amides is 1. The summed E-state index contributed by atoms with van der Waals surface area (Å²) in [5.74, 6) is 0.475. The van der Waals surface area contributed by atoms with Crippen LogP contribution in [0.25, 0.3) is 0 Å². The fourth-order valence-electron chi connectivity index (χ4n) is 2.33. The molecule has 0 spiro atoms. The Hall–Kier alpha value is -1.55. The van der Waals surface area contributed by atoms with Gasteiger partial charge in [-0.05, 0) is 39.1 Å². The topological polar surface area (TPSA) is 44.4 Å². The first-order valence-electron chi connectivity index (χ1n) is 7.24. The van der Waals surface area contributed by atoms with Gasteiger partial charge in [0.2, 0.25) is 0 Å². The molecular formula is C16H27N3O. The van der Waals surface area contributed by atoms with Gasteiger partial charge >= 0.3 is 0 Å². The Morgan fingerprint density at radius 1 is 1.25 bits per heavy atom. The van der Waals surface area contributed by atoms with Gasteiger partial charge in [-0.3, -0.25) is 4.79 Å². The molecule has 4 heteroatoms. The third-order valence-corrected chi connectivity index (χ3v) is 3.44. The van der Waals surface area contributed by atoms with Crippen molar-refractivity contribution in [2.24, 2.45) is 5.92 Å². The highest BCUT2D eigenvalue weighted by Gasteiger charge is 2.18. The fraction of sp³-hybridized carbons (Fsp3) is 0.562. The molecule has 0 bridgehead atoms. The summed E-state index contributed by atoms with van der Waals surface area (Å²) >= 11 is 0. The minimum atomic E-state index is -0.0194. The molecule has 4 nitrogen and oxygen atoms in total. The summed E-state index contributed by atoms with van der Waals surface area (Å²) in [7, 11) is 4.09. The van der Waals surface area contributed by atoms with Crippen LogP contribution in [0.4, 0.5) is 5.69 Å². The van der Waals surface area contributed by atoms with Crippen LogP contribution >= 0.6 is 0 Å². The Labute approximate surface area is 122 Å².